The van der Waals surface area contributed by atoms with E-state index in [1.165, 1.54) is 23.4 Å². The average Bonchev–Trinajstić information content (AvgIpc) is 2.98. The number of sulfonamides is 1. The third kappa shape index (κ3) is 3.31. The first kappa shape index (κ1) is 15.7. The van der Waals surface area contributed by atoms with Gasteiger partial charge in [-0.2, -0.15) is 9.57 Å². The van der Waals surface area contributed by atoms with Crippen LogP contribution >= 0.6 is 0 Å². The van der Waals surface area contributed by atoms with Crippen molar-refractivity contribution in [2.45, 2.75) is 43.5 Å². The summed E-state index contributed by atoms with van der Waals surface area (Å²) in [5.74, 6) is -0.181. The van der Waals surface area contributed by atoms with Gasteiger partial charge in [-0.15, -0.1) is 0 Å². The largest absolute Gasteiger partial charge is 0.295 e. The highest BCUT2D eigenvalue weighted by Crippen LogP contribution is 2.28. The monoisotopic (exact) mass is 306 g/mol. The highest BCUT2D eigenvalue weighted by atomic mass is 32.2. The van der Waals surface area contributed by atoms with E-state index in [0.29, 0.717) is 5.56 Å². The lowest BCUT2D eigenvalue weighted by Gasteiger charge is -2.25. The first-order valence-corrected chi connectivity index (χ1v) is 8.40. The van der Waals surface area contributed by atoms with E-state index in [1.54, 1.807) is 12.1 Å². The number of hydrogen-bond donors (Lipinski definition) is 0. The fourth-order valence-electron chi connectivity index (χ4n) is 2.68. The van der Waals surface area contributed by atoms with Crippen LogP contribution in [0.4, 0.5) is 0 Å². The van der Waals surface area contributed by atoms with Crippen LogP contribution in [0.5, 0.6) is 0 Å². The third-order valence-electron chi connectivity index (χ3n) is 3.81. The van der Waals surface area contributed by atoms with E-state index < -0.39 is 10.0 Å². The van der Waals surface area contributed by atoms with Gasteiger partial charge in [0.25, 0.3) is 0 Å². The zero-order valence-electron chi connectivity index (χ0n) is 11.9. The molecular formula is C15H18N2O3S. The van der Waals surface area contributed by atoms with Crippen LogP contribution in [0, 0.1) is 11.3 Å². The number of benzene rings is 1. The molecule has 0 spiro atoms. The molecule has 5 nitrogen and oxygen atoms in total. The molecule has 6 heteroatoms. The Labute approximate surface area is 125 Å². The van der Waals surface area contributed by atoms with Crippen molar-refractivity contribution >= 4 is 15.8 Å². The smallest absolute Gasteiger partial charge is 0.244 e. The number of hydrogen-bond acceptors (Lipinski definition) is 4. The Morgan fingerprint density at radius 3 is 2.62 bits per heavy atom. The second-order valence-corrected chi connectivity index (χ2v) is 7.12. The van der Waals surface area contributed by atoms with E-state index in [4.69, 9.17) is 5.26 Å². The highest BCUT2D eigenvalue weighted by molar-refractivity contribution is 7.89. The van der Waals surface area contributed by atoms with Crippen LogP contribution in [0.15, 0.2) is 29.2 Å². The van der Waals surface area contributed by atoms with Crippen molar-refractivity contribution in [1.82, 2.24) is 4.31 Å². The summed E-state index contributed by atoms with van der Waals surface area (Å²) in [6.07, 6.45) is 3.53. The van der Waals surface area contributed by atoms with Gasteiger partial charge < -0.3 is 0 Å². The second-order valence-electron chi connectivity index (χ2n) is 5.23. The summed E-state index contributed by atoms with van der Waals surface area (Å²) in [5.41, 5.74) is 0.361. The molecule has 0 radical (unpaired) electrons. The van der Waals surface area contributed by atoms with E-state index in [9.17, 15) is 13.2 Å². The molecule has 1 fully saturated rings. The van der Waals surface area contributed by atoms with Crippen molar-refractivity contribution in [3.63, 3.8) is 0 Å². The molecule has 2 rings (SSSR count). The van der Waals surface area contributed by atoms with E-state index in [1.807, 2.05) is 6.07 Å². The Morgan fingerprint density at radius 2 is 2.05 bits per heavy atom. The molecule has 0 saturated heterocycles. The molecule has 0 unspecified atom stereocenters. The molecule has 0 bridgehead atoms. The van der Waals surface area contributed by atoms with Crippen LogP contribution in [0.2, 0.25) is 0 Å². The second kappa shape index (κ2) is 6.37. The Bertz CT molecular complexity index is 670. The highest BCUT2D eigenvalue weighted by Gasteiger charge is 2.33. The van der Waals surface area contributed by atoms with Crippen molar-refractivity contribution in [3.05, 3.63) is 29.8 Å². The molecule has 0 N–H and O–H groups in total. The minimum atomic E-state index is -3.74. The summed E-state index contributed by atoms with van der Waals surface area (Å²) in [6, 6.07) is 7.83. The van der Waals surface area contributed by atoms with Gasteiger partial charge in [0.1, 0.15) is 6.54 Å². The molecule has 0 aromatic heterocycles. The predicted molar refractivity (Wildman–Crippen MR) is 78.2 cm³/mol. The third-order valence-corrected chi connectivity index (χ3v) is 5.70. The van der Waals surface area contributed by atoms with E-state index in [-0.39, 0.29) is 23.3 Å². The van der Waals surface area contributed by atoms with Crippen LogP contribution in [-0.2, 0) is 10.0 Å². The van der Waals surface area contributed by atoms with Crippen LogP contribution in [-0.4, -0.2) is 31.1 Å². The molecule has 1 aromatic carbocycles. The Balaban J connectivity index is 2.40. The minimum Gasteiger partial charge on any atom is -0.295 e. The van der Waals surface area contributed by atoms with E-state index in [0.717, 1.165) is 25.7 Å². The Kier molecular flexibility index (Phi) is 4.76. The first-order chi connectivity index (χ1) is 9.96. The molecule has 1 aliphatic carbocycles. The van der Waals surface area contributed by atoms with E-state index in [2.05, 4.69) is 0 Å². The molecule has 0 aliphatic heterocycles. The van der Waals surface area contributed by atoms with Crippen molar-refractivity contribution in [2.24, 2.45) is 0 Å². The normalized spacial score (nSPS) is 16.0. The number of carbonyl (C=O) groups is 1. The number of nitriles is 1. The first-order valence-electron chi connectivity index (χ1n) is 6.96. The molecule has 0 atom stereocenters. The lowest BCUT2D eigenvalue weighted by atomic mass is 10.2. The van der Waals surface area contributed by atoms with Gasteiger partial charge in [0.15, 0.2) is 5.78 Å². The Hall–Kier alpha value is -1.71. The molecule has 1 aliphatic rings. The van der Waals surface area contributed by atoms with Crippen LogP contribution < -0.4 is 0 Å². The maximum Gasteiger partial charge on any atom is 0.244 e. The standard InChI is InChI=1S/C15H18N2O3S/c1-12(18)13-5-4-8-15(11-13)21(19,20)17(10-9-16)14-6-2-3-7-14/h4-5,8,11,14H,2-3,6-7,10H2,1H3. The topological polar surface area (TPSA) is 78.2 Å². The fourth-order valence-corrected chi connectivity index (χ4v) is 4.31. The fraction of sp³-hybridized carbons (Fsp3) is 0.467. The molecular weight excluding hydrogens is 288 g/mol. The number of ketones is 1. The minimum absolute atomic E-state index is 0.0809. The van der Waals surface area contributed by atoms with Crippen molar-refractivity contribution in [3.8, 4) is 6.07 Å². The summed E-state index contributed by atoms with van der Waals surface area (Å²) in [4.78, 5) is 11.5. The van der Waals surface area contributed by atoms with Crippen molar-refractivity contribution < 1.29 is 13.2 Å². The lowest BCUT2D eigenvalue weighted by Crippen LogP contribution is -2.39. The van der Waals surface area contributed by atoms with Crippen LogP contribution in [0.3, 0.4) is 0 Å². The number of Topliss-reactive ketones (excluding diaryl/α,β-unsaturated/α-hetero) is 1. The number of rotatable bonds is 5. The maximum atomic E-state index is 12.7. The Morgan fingerprint density at radius 1 is 1.38 bits per heavy atom. The van der Waals surface area contributed by atoms with Gasteiger partial charge in [-0.05, 0) is 31.9 Å². The van der Waals surface area contributed by atoms with Gasteiger partial charge in [-0.25, -0.2) is 8.42 Å². The van der Waals surface area contributed by atoms with Crippen molar-refractivity contribution in [1.29, 1.82) is 5.26 Å². The van der Waals surface area contributed by atoms with Gasteiger partial charge in [-0.1, -0.05) is 25.0 Å². The van der Waals surface area contributed by atoms with Crippen LogP contribution in [0.1, 0.15) is 43.0 Å². The maximum absolute atomic E-state index is 12.7. The average molecular weight is 306 g/mol. The van der Waals surface area contributed by atoms with Gasteiger partial charge >= 0.3 is 0 Å². The van der Waals surface area contributed by atoms with Gasteiger partial charge in [-0.3, -0.25) is 4.79 Å². The van der Waals surface area contributed by atoms with Crippen molar-refractivity contribution in [2.75, 3.05) is 6.54 Å². The molecule has 1 saturated carbocycles. The molecule has 21 heavy (non-hydrogen) atoms. The zero-order valence-corrected chi connectivity index (χ0v) is 12.8. The summed E-state index contributed by atoms with van der Waals surface area (Å²) in [6.45, 7) is 1.24. The van der Waals surface area contributed by atoms with Gasteiger partial charge in [0.2, 0.25) is 10.0 Å². The summed E-state index contributed by atoms with van der Waals surface area (Å²) < 4.78 is 26.8. The van der Waals surface area contributed by atoms with Crippen LogP contribution in [0.25, 0.3) is 0 Å². The van der Waals surface area contributed by atoms with Gasteiger partial charge in [0.05, 0.1) is 11.0 Å². The molecule has 1 aromatic rings. The van der Waals surface area contributed by atoms with E-state index >= 15 is 0 Å². The number of carbonyl (C=O) groups excluding carboxylic acids is 1. The molecule has 112 valence electrons. The van der Waals surface area contributed by atoms with Gasteiger partial charge in [0, 0.05) is 11.6 Å². The predicted octanol–water partition coefficient (Wildman–Crippen LogP) is 2.35. The summed E-state index contributed by atoms with van der Waals surface area (Å²) >= 11 is 0. The number of nitrogens with zero attached hydrogens (tertiary/aromatic N) is 2. The molecule has 0 heterocycles. The molecule has 0 amide bonds. The quantitative estimate of drug-likeness (QED) is 0.618. The SMILES string of the molecule is CC(=O)c1cccc(S(=O)(=O)N(CC#N)C2CCCC2)c1. The zero-order chi connectivity index (χ0) is 15.5. The summed E-state index contributed by atoms with van der Waals surface area (Å²) in [5, 5.41) is 8.94. The summed E-state index contributed by atoms with van der Waals surface area (Å²) in [7, 11) is -3.74. The lowest BCUT2D eigenvalue weighted by molar-refractivity contribution is 0.101.